The fourth-order valence-electron chi connectivity index (χ4n) is 4.86. The first-order valence-electron chi connectivity index (χ1n) is 11.4. The van der Waals surface area contributed by atoms with Gasteiger partial charge < -0.3 is 10.1 Å². The highest BCUT2D eigenvalue weighted by molar-refractivity contribution is 5.93. The number of aromatic nitrogens is 4. The predicted octanol–water partition coefficient (Wildman–Crippen LogP) is 3.85. The Labute approximate surface area is 197 Å². The van der Waals surface area contributed by atoms with Gasteiger partial charge in [-0.25, -0.2) is 19.2 Å². The minimum atomic E-state index is -1.23. The van der Waals surface area contributed by atoms with Crippen molar-refractivity contribution in [3.05, 3.63) is 53.5 Å². The van der Waals surface area contributed by atoms with Crippen molar-refractivity contribution in [1.29, 1.82) is 0 Å². The molecule has 0 aliphatic carbocycles. The van der Waals surface area contributed by atoms with Crippen LogP contribution in [-0.4, -0.2) is 73.2 Å². The lowest BCUT2D eigenvalue weighted by Crippen LogP contribution is -2.50. The van der Waals surface area contributed by atoms with Gasteiger partial charge in [-0.3, -0.25) is 9.69 Å². The largest absolute Gasteiger partial charge is 0.465 e. The standard InChI is InChI=1S/C25H28N6O3/c1-14(2)22-19-8-16(18-9-30(10-18)12-21(32)29(4)25(33)34)5-6-20(19)28-23(22)17-7-15(3)24-26-13-27-31(24)11-17/h5-8,11,13-14,18,28H,9-10,12H2,1-4H3,(H,33,34). The highest BCUT2D eigenvalue weighted by Crippen LogP contribution is 2.38. The molecule has 2 N–H and O–H groups in total. The van der Waals surface area contributed by atoms with Gasteiger partial charge in [0.15, 0.2) is 5.65 Å². The van der Waals surface area contributed by atoms with Crippen LogP contribution in [0.4, 0.5) is 4.79 Å². The number of nitrogens with one attached hydrogen (secondary N) is 1. The molecule has 1 aliphatic heterocycles. The molecule has 4 heterocycles. The smallest absolute Gasteiger partial charge is 0.413 e. The van der Waals surface area contributed by atoms with Gasteiger partial charge in [0.2, 0.25) is 5.91 Å². The zero-order valence-corrected chi connectivity index (χ0v) is 19.7. The maximum atomic E-state index is 12.0. The second kappa shape index (κ2) is 8.25. The lowest BCUT2D eigenvalue weighted by molar-refractivity contribution is -0.130. The number of carbonyl (C=O) groups is 2. The van der Waals surface area contributed by atoms with E-state index < -0.39 is 12.0 Å². The lowest BCUT2D eigenvalue weighted by Gasteiger charge is -2.39. The molecule has 1 aromatic carbocycles. The van der Waals surface area contributed by atoms with Gasteiger partial charge in [-0.1, -0.05) is 19.9 Å². The van der Waals surface area contributed by atoms with Gasteiger partial charge >= 0.3 is 6.09 Å². The molecule has 9 heteroatoms. The Morgan fingerprint density at radius 2 is 2.03 bits per heavy atom. The number of amides is 2. The zero-order chi connectivity index (χ0) is 24.1. The lowest BCUT2D eigenvalue weighted by atomic mass is 9.89. The summed E-state index contributed by atoms with van der Waals surface area (Å²) in [5.41, 5.74) is 7.70. The molecule has 0 bridgehead atoms. The van der Waals surface area contributed by atoms with E-state index in [1.54, 1.807) is 6.33 Å². The maximum Gasteiger partial charge on any atom is 0.413 e. The molecule has 1 saturated heterocycles. The van der Waals surface area contributed by atoms with Crippen LogP contribution in [-0.2, 0) is 4.79 Å². The van der Waals surface area contributed by atoms with Gasteiger partial charge in [-0.15, -0.1) is 0 Å². The van der Waals surface area contributed by atoms with Crippen LogP contribution in [0.3, 0.4) is 0 Å². The number of aromatic amines is 1. The van der Waals surface area contributed by atoms with E-state index in [2.05, 4.69) is 53.2 Å². The van der Waals surface area contributed by atoms with Gasteiger partial charge in [0, 0.05) is 48.7 Å². The van der Waals surface area contributed by atoms with E-state index in [4.69, 9.17) is 5.11 Å². The number of carbonyl (C=O) groups excluding carboxylic acids is 1. The summed E-state index contributed by atoms with van der Waals surface area (Å²) in [6.45, 7) is 8.05. The van der Waals surface area contributed by atoms with Crippen molar-refractivity contribution in [3.63, 3.8) is 0 Å². The van der Waals surface area contributed by atoms with E-state index in [0.29, 0.717) is 11.8 Å². The van der Waals surface area contributed by atoms with Crippen LogP contribution in [0, 0.1) is 6.92 Å². The van der Waals surface area contributed by atoms with Crippen LogP contribution in [0.15, 0.2) is 36.8 Å². The quantitative estimate of drug-likeness (QED) is 0.469. The third-order valence-corrected chi connectivity index (χ3v) is 6.74. The van der Waals surface area contributed by atoms with Crippen molar-refractivity contribution in [1.82, 2.24) is 29.4 Å². The van der Waals surface area contributed by atoms with Crippen molar-refractivity contribution in [2.45, 2.75) is 32.6 Å². The summed E-state index contributed by atoms with van der Waals surface area (Å²) in [6.07, 6.45) is 2.36. The van der Waals surface area contributed by atoms with Gasteiger partial charge in [0.05, 0.1) is 12.2 Å². The number of nitrogens with zero attached hydrogens (tertiary/aromatic N) is 5. The molecule has 3 aromatic heterocycles. The molecular formula is C25H28N6O3. The number of H-pyrrole nitrogens is 1. The van der Waals surface area contributed by atoms with Crippen molar-refractivity contribution in [3.8, 4) is 11.3 Å². The first-order chi connectivity index (χ1) is 16.2. The molecule has 1 aliphatic rings. The third kappa shape index (κ3) is 3.71. The van der Waals surface area contributed by atoms with E-state index in [0.717, 1.165) is 46.0 Å². The van der Waals surface area contributed by atoms with Crippen LogP contribution < -0.4 is 0 Å². The molecule has 176 valence electrons. The number of benzene rings is 1. The molecule has 0 atom stereocenters. The monoisotopic (exact) mass is 460 g/mol. The van der Waals surface area contributed by atoms with Crippen molar-refractivity contribution < 1.29 is 14.7 Å². The van der Waals surface area contributed by atoms with Crippen LogP contribution >= 0.6 is 0 Å². The Morgan fingerprint density at radius 1 is 1.26 bits per heavy atom. The number of hydrogen-bond donors (Lipinski definition) is 2. The van der Waals surface area contributed by atoms with Crippen LogP contribution in [0.1, 0.15) is 42.4 Å². The van der Waals surface area contributed by atoms with E-state index in [1.807, 2.05) is 22.5 Å². The van der Waals surface area contributed by atoms with Crippen LogP contribution in [0.2, 0.25) is 0 Å². The minimum absolute atomic E-state index is 0.122. The highest BCUT2D eigenvalue weighted by atomic mass is 16.4. The summed E-state index contributed by atoms with van der Waals surface area (Å²) in [7, 11) is 1.29. The average molecular weight is 461 g/mol. The molecule has 0 radical (unpaired) electrons. The summed E-state index contributed by atoms with van der Waals surface area (Å²) < 4.78 is 1.82. The number of fused-ring (bicyclic) bond motifs is 2. The fourth-order valence-corrected chi connectivity index (χ4v) is 4.86. The first-order valence-corrected chi connectivity index (χ1v) is 11.4. The minimum Gasteiger partial charge on any atom is -0.465 e. The average Bonchev–Trinajstić information content (AvgIpc) is 3.39. The molecule has 34 heavy (non-hydrogen) atoms. The summed E-state index contributed by atoms with van der Waals surface area (Å²) in [4.78, 5) is 33.7. The number of pyridine rings is 1. The Balaban J connectivity index is 1.43. The van der Waals surface area contributed by atoms with Gasteiger partial charge in [0.25, 0.3) is 0 Å². The number of likely N-dealkylation sites (N-methyl/N-ethyl adjacent to an activating group) is 1. The van der Waals surface area contributed by atoms with Crippen LogP contribution in [0.5, 0.6) is 0 Å². The molecule has 2 amide bonds. The number of likely N-dealkylation sites (tertiary alicyclic amines) is 1. The summed E-state index contributed by atoms with van der Waals surface area (Å²) in [6, 6.07) is 8.69. The van der Waals surface area contributed by atoms with Gasteiger partial charge in [0.1, 0.15) is 6.33 Å². The molecule has 1 fully saturated rings. The summed E-state index contributed by atoms with van der Waals surface area (Å²) in [5, 5.41) is 14.5. The predicted molar refractivity (Wildman–Crippen MR) is 129 cm³/mol. The number of carboxylic acid groups (broad SMARTS) is 1. The molecule has 0 saturated carbocycles. The summed E-state index contributed by atoms with van der Waals surface area (Å²) in [5.74, 6) is 0.227. The van der Waals surface area contributed by atoms with E-state index in [1.165, 1.54) is 23.6 Å². The normalized spacial score (nSPS) is 14.7. The van der Waals surface area contributed by atoms with E-state index in [9.17, 15) is 9.59 Å². The van der Waals surface area contributed by atoms with Crippen molar-refractivity contribution in [2.75, 3.05) is 26.7 Å². The molecule has 9 nitrogen and oxygen atoms in total. The summed E-state index contributed by atoms with van der Waals surface area (Å²) >= 11 is 0. The van der Waals surface area contributed by atoms with Crippen molar-refractivity contribution >= 4 is 28.6 Å². The Kier molecular flexibility index (Phi) is 5.36. The third-order valence-electron chi connectivity index (χ3n) is 6.74. The Bertz CT molecular complexity index is 1410. The van der Waals surface area contributed by atoms with E-state index >= 15 is 0 Å². The highest BCUT2D eigenvalue weighted by Gasteiger charge is 2.31. The topological polar surface area (TPSA) is 107 Å². The first kappa shape index (κ1) is 22.1. The number of hydrogen-bond acceptors (Lipinski definition) is 5. The molecule has 0 unspecified atom stereocenters. The Hall–Kier alpha value is -3.72. The molecule has 4 aromatic rings. The van der Waals surface area contributed by atoms with Gasteiger partial charge in [-0.05, 0) is 47.7 Å². The van der Waals surface area contributed by atoms with Crippen LogP contribution in [0.25, 0.3) is 27.8 Å². The fraction of sp³-hybridized carbons (Fsp3) is 0.360. The van der Waals surface area contributed by atoms with Gasteiger partial charge in [-0.2, -0.15) is 5.10 Å². The molecule has 5 rings (SSSR count). The van der Waals surface area contributed by atoms with Crippen molar-refractivity contribution in [2.24, 2.45) is 0 Å². The zero-order valence-electron chi connectivity index (χ0n) is 19.7. The Morgan fingerprint density at radius 3 is 2.74 bits per heavy atom. The SMILES string of the molecule is Cc1cc(-c2[nH]c3ccc(C4CN(CC(=O)N(C)C(=O)O)C4)cc3c2C(C)C)cn2ncnc12. The number of imide groups is 1. The number of rotatable bonds is 5. The maximum absolute atomic E-state index is 12.0. The second-order valence-corrected chi connectivity index (χ2v) is 9.44. The molecular weight excluding hydrogens is 432 g/mol. The van der Waals surface area contributed by atoms with E-state index in [-0.39, 0.29) is 6.54 Å². The number of aryl methyl sites for hydroxylation is 1. The second-order valence-electron chi connectivity index (χ2n) is 9.44. The molecule has 0 spiro atoms.